The Morgan fingerprint density at radius 2 is 1.95 bits per heavy atom. The average molecular weight is 299 g/mol. The van der Waals surface area contributed by atoms with E-state index in [9.17, 15) is 14.4 Å². The van der Waals surface area contributed by atoms with E-state index in [0.717, 1.165) is 5.39 Å². The van der Waals surface area contributed by atoms with E-state index in [2.05, 4.69) is 5.32 Å². The lowest BCUT2D eigenvalue weighted by Crippen LogP contribution is -2.49. The molecule has 1 aromatic carbocycles. The van der Waals surface area contributed by atoms with Crippen molar-refractivity contribution < 1.29 is 9.59 Å². The van der Waals surface area contributed by atoms with E-state index < -0.39 is 0 Å². The Balaban J connectivity index is 1.84. The SMILES string of the molecule is Cn1c(C(=O)NC2CC(C(N)=O)C2)cc2ccccc2c1=O. The van der Waals surface area contributed by atoms with Crippen molar-refractivity contribution in [2.75, 3.05) is 0 Å². The number of pyridine rings is 1. The second kappa shape index (κ2) is 5.29. The summed E-state index contributed by atoms with van der Waals surface area (Å²) in [6.45, 7) is 0. The van der Waals surface area contributed by atoms with Gasteiger partial charge in [0.15, 0.2) is 0 Å². The molecule has 1 saturated carbocycles. The van der Waals surface area contributed by atoms with Crippen molar-refractivity contribution in [1.29, 1.82) is 0 Å². The predicted octanol–water partition coefficient (Wildman–Crippen LogP) is 0.532. The van der Waals surface area contributed by atoms with E-state index in [1.807, 2.05) is 6.07 Å². The molecule has 1 heterocycles. The number of hydrogen-bond acceptors (Lipinski definition) is 3. The molecule has 6 nitrogen and oxygen atoms in total. The molecule has 0 atom stereocenters. The summed E-state index contributed by atoms with van der Waals surface area (Å²) in [7, 11) is 1.58. The van der Waals surface area contributed by atoms with Crippen LogP contribution in [0, 0.1) is 5.92 Å². The van der Waals surface area contributed by atoms with E-state index in [1.165, 1.54) is 4.57 Å². The van der Waals surface area contributed by atoms with Crippen molar-refractivity contribution in [2.24, 2.45) is 18.7 Å². The molecule has 2 amide bonds. The predicted molar refractivity (Wildman–Crippen MR) is 82.4 cm³/mol. The number of carbonyl (C=O) groups excluding carboxylic acids is 2. The Bertz CT molecular complexity index is 819. The van der Waals surface area contributed by atoms with Gasteiger partial charge in [-0.05, 0) is 30.4 Å². The quantitative estimate of drug-likeness (QED) is 0.865. The van der Waals surface area contributed by atoms with Gasteiger partial charge in [-0.3, -0.25) is 14.4 Å². The van der Waals surface area contributed by atoms with Gasteiger partial charge >= 0.3 is 0 Å². The van der Waals surface area contributed by atoms with Gasteiger partial charge in [-0.25, -0.2) is 0 Å². The highest BCUT2D eigenvalue weighted by Crippen LogP contribution is 2.27. The Morgan fingerprint density at radius 3 is 2.64 bits per heavy atom. The molecular formula is C16H17N3O3. The van der Waals surface area contributed by atoms with Gasteiger partial charge in [0.25, 0.3) is 11.5 Å². The number of nitrogens with two attached hydrogens (primary N) is 1. The summed E-state index contributed by atoms with van der Waals surface area (Å²) in [4.78, 5) is 35.6. The highest BCUT2D eigenvalue weighted by atomic mass is 16.2. The third kappa shape index (κ3) is 2.36. The van der Waals surface area contributed by atoms with Crippen LogP contribution in [0.15, 0.2) is 35.1 Å². The van der Waals surface area contributed by atoms with Crippen molar-refractivity contribution in [1.82, 2.24) is 9.88 Å². The lowest BCUT2D eigenvalue weighted by atomic mass is 9.80. The van der Waals surface area contributed by atoms with Crippen LogP contribution >= 0.6 is 0 Å². The standard InChI is InChI=1S/C16H17N3O3/c1-19-13(8-9-4-2-3-5-12(9)16(19)22)15(21)18-11-6-10(7-11)14(17)20/h2-5,8,10-11H,6-7H2,1H3,(H2,17,20)(H,18,21). The maximum atomic E-state index is 12.4. The minimum atomic E-state index is -0.330. The largest absolute Gasteiger partial charge is 0.369 e. The molecule has 0 saturated heterocycles. The van der Waals surface area contributed by atoms with Gasteiger partial charge in [0, 0.05) is 24.4 Å². The summed E-state index contributed by atoms with van der Waals surface area (Å²) < 4.78 is 1.35. The Hall–Kier alpha value is -2.63. The van der Waals surface area contributed by atoms with Gasteiger partial charge < -0.3 is 15.6 Å². The number of primary amides is 1. The molecule has 0 bridgehead atoms. The molecule has 1 aliphatic rings. The van der Waals surface area contributed by atoms with Gasteiger partial charge in [-0.15, -0.1) is 0 Å². The second-order valence-electron chi connectivity index (χ2n) is 5.72. The maximum absolute atomic E-state index is 12.4. The summed E-state index contributed by atoms with van der Waals surface area (Å²) in [6, 6.07) is 8.81. The summed E-state index contributed by atoms with van der Waals surface area (Å²) in [6.07, 6.45) is 1.12. The minimum absolute atomic E-state index is 0.0634. The Labute approximate surface area is 126 Å². The maximum Gasteiger partial charge on any atom is 0.268 e. The smallest absolute Gasteiger partial charge is 0.268 e. The fourth-order valence-electron chi connectivity index (χ4n) is 2.80. The topological polar surface area (TPSA) is 94.2 Å². The molecule has 3 N–H and O–H groups in total. The number of nitrogens with zero attached hydrogens (tertiary/aromatic N) is 1. The molecule has 114 valence electrons. The zero-order chi connectivity index (χ0) is 15.9. The fraction of sp³-hybridized carbons (Fsp3) is 0.312. The van der Waals surface area contributed by atoms with E-state index in [-0.39, 0.29) is 29.3 Å². The summed E-state index contributed by atoms with van der Waals surface area (Å²) in [5, 5.41) is 4.16. The number of amides is 2. The van der Waals surface area contributed by atoms with Gasteiger partial charge in [0.1, 0.15) is 5.69 Å². The minimum Gasteiger partial charge on any atom is -0.369 e. The third-order valence-corrected chi connectivity index (χ3v) is 4.26. The van der Waals surface area contributed by atoms with Gasteiger partial charge in [0.2, 0.25) is 5.91 Å². The van der Waals surface area contributed by atoms with Crippen LogP contribution in [-0.4, -0.2) is 22.4 Å². The number of rotatable bonds is 3. The van der Waals surface area contributed by atoms with Crippen LogP contribution in [0.3, 0.4) is 0 Å². The normalized spacial score (nSPS) is 20.4. The lowest BCUT2D eigenvalue weighted by molar-refractivity contribution is -0.124. The lowest BCUT2D eigenvalue weighted by Gasteiger charge is -2.33. The molecule has 1 aliphatic carbocycles. The van der Waals surface area contributed by atoms with Crippen LogP contribution in [-0.2, 0) is 11.8 Å². The fourth-order valence-corrected chi connectivity index (χ4v) is 2.80. The zero-order valence-electron chi connectivity index (χ0n) is 12.2. The monoisotopic (exact) mass is 299 g/mol. The number of aromatic nitrogens is 1. The Kier molecular flexibility index (Phi) is 3.44. The van der Waals surface area contributed by atoms with Crippen LogP contribution in [0.4, 0.5) is 0 Å². The van der Waals surface area contributed by atoms with E-state index in [4.69, 9.17) is 5.73 Å². The number of benzene rings is 1. The molecule has 22 heavy (non-hydrogen) atoms. The van der Waals surface area contributed by atoms with E-state index in [0.29, 0.717) is 23.9 Å². The first-order valence-electron chi connectivity index (χ1n) is 7.16. The first-order valence-corrected chi connectivity index (χ1v) is 7.16. The van der Waals surface area contributed by atoms with Gasteiger partial charge in [-0.1, -0.05) is 18.2 Å². The van der Waals surface area contributed by atoms with E-state index >= 15 is 0 Å². The molecule has 3 rings (SSSR count). The van der Waals surface area contributed by atoms with Crippen molar-refractivity contribution in [3.63, 3.8) is 0 Å². The molecule has 0 radical (unpaired) electrons. The highest BCUT2D eigenvalue weighted by molar-refractivity contribution is 5.97. The molecule has 0 spiro atoms. The molecule has 1 aromatic heterocycles. The van der Waals surface area contributed by atoms with Crippen molar-refractivity contribution in [3.05, 3.63) is 46.4 Å². The third-order valence-electron chi connectivity index (χ3n) is 4.26. The molecule has 2 aromatic rings. The number of nitrogens with one attached hydrogen (secondary N) is 1. The van der Waals surface area contributed by atoms with Crippen LogP contribution < -0.4 is 16.6 Å². The average Bonchev–Trinajstić information content (AvgIpc) is 2.45. The highest BCUT2D eigenvalue weighted by Gasteiger charge is 2.34. The first kappa shape index (κ1) is 14.3. The molecule has 0 unspecified atom stereocenters. The van der Waals surface area contributed by atoms with Crippen LogP contribution in [0.2, 0.25) is 0 Å². The van der Waals surface area contributed by atoms with Crippen LogP contribution in [0.5, 0.6) is 0 Å². The van der Waals surface area contributed by atoms with Crippen molar-refractivity contribution in [3.8, 4) is 0 Å². The number of carbonyl (C=O) groups is 2. The Morgan fingerprint density at radius 1 is 1.27 bits per heavy atom. The molecule has 6 heteroatoms. The summed E-state index contributed by atoms with van der Waals surface area (Å²) in [5.41, 5.74) is 5.32. The van der Waals surface area contributed by atoms with Crippen LogP contribution in [0.1, 0.15) is 23.3 Å². The van der Waals surface area contributed by atoms with Gasteiger partial charge in [-0.2, -0.15) is 0 Å². The van der Waals surface area contributed by atoms with Crippen molar-refractivity contribution in [2.45, 2.75) is 18.9 Å². The first-order chi connectivity index (χ1) is 10.5. The molecular weight excluding hydrogens is 282 g/mol. The van der Waals surface area contributed by atoms with E-state index in [1.54, 1.807) is 31.3 Å². The second-order valence-corrected chi connectivity index (χ2v) is 5.72. The number of hydrogen-bond donors (Lipinski definition) is 2. The summed E-state index contributed by atoms with van der Waals surface area (Å²) in [5.74, 6) is -0.799. The number of fused-ring (bicyclic) bond motifs is 1. The van der Waals surface area contributed by atoms with Gasteiger partial charge in [0.05, 0.1) is 0 Å². The van der Waals surface area contributed by atoms with Crippen molar-refractivity contribution >= 4 is 22.6 Å². The molecule has 1 fully saturated rings. The van der Waals surface area contributed by atoms with Crippen LogP contribution in [0.25, 0.3) is 10.8 Å². The summed E-state index contributed by atoms with van der Waals surface area (Å²) >= 11 is 0. The zero-order valence-corrected chi connectivity index (χ0v) is 12.2. The molecule has 0 aliphatic heterocycles.